The summed E-state index contributed by atoms with van der Waals surface area (Å²) in [7, 11) is 0. The van der Waals surface area contributed by atoms with Gasteiger partial charge in [0, 0.05) is 17.3 Å². The van der Waals surface area contributed by atoms with Gasteiger partial charge in [-0.25, -0.2) is 9.78 Å². The molecule has 2 heterocycles. The SMILES string of the molecule is CC(C)(C)NC(=O)OCc1cnc(-c2ccc(OCC3CO3)cc2)s1. The number of alkyl carbamates (subject to hydrolysis) is 1. The molecule has 1 aromatic heterocycles. The Morgan fingerprint density at radius 3 is 2.72 bits per heavy atom. The van der Waals surface area contributed by atoms with Gasteiger partial charge in [0.25, 0.3) is 0 Å². The van der Waals surface area contributed by atoms with Gasteiger partial charge < -0.3 is 19.5 Å². The summed E-state index contributed by atoms with van der Waals surface area (Å²) in [5.41, 5.74) is 0.691. The van der Waals surface area contributed by atoms with Gasteiger partial charge in [-0.1, -0.05) is 0 Å². The topological polar surface area (TPSA) is 73.0 Å². The van der Waals surface area contributed by atoms with Crippen molar-refractivity contribution in [3.8, 4) is 16.3 Å². The fraction of sp³-hybridized carbons (Fsp3) is 0.444. The van der Waals surface area contributed by atoms with E-state index in [1.807, 2.05) is 45.0 Å². The molecule has 1 saturated heterocycles. The summed E-state index contributed by atoms with van der Waals surface area (Å²) in [5.74, 6) is 0.818. The Hall–Kier alpha value is -2.12. The second-order valence-corrected chi connectivity index (χ2v) is 7.99. The maximum atomic E-state index is 11.7. The molecule has 134 valence electrons. The van der Waals surface area contributed by atoms with Crippen LogP contribution in [0.2, 0.25) is 0 Å². The minimum Gasteiger partial charge on any atom is -0.491 e. The third-order valence-corrected chi connectivity index (χ3v) is 4.34. The maximum absolute atomic E-state index is 11.7. The number of benzene rings is 1. The number of carbonyl (C=O) groups excluding carboxylic acids is 1. The number of carbonyl (C=O) groups is 1. The molecular weight excluding hydrogens is 340 g/mol. The third-order valence-electron chi connectivity index (χ3n) is 3.32. The van der Waals surface area contributed by atoms with Crippen LogP contribution < -0.4 is 10.1 Å². The normalized spacial score (nSPS) is 16.4. The van der Waals surface area contributed by atoms with Crippen LogP contribution in [0.4, 0.5) is 4.79 Å². The lowest BCUT2D eigenvalue weighted by atomic mass is 10.1. The van der Waals surface area contributed by atoms with E-state index < -0.39 is 6.09 Å². The Balaban J connectivity index is 1.52. The minimum atomic E-state index is -0.427. The molecule has 25 heavy (non-hydrogen) atoms. The van der Waals surface area contributed by atoms with Crippen molar-refractivity contribution >= 4 is 17.4 Å². The highest BCUT2D eigenvalue weighted by atomic mass is 32.1. The van der Waals surface area contributed by atoms with Crippen molar-refractivity contribution in [1.29, 1.82) is 0 Å². The molecule has 1 aliphatic rings. The number of nitrogens with one attached hydrogen (secondary N) is 1. The van der Waals surface area contributed by atoms with Crippen LogP contribution in [0.5, 0.6) is 5.75 Å². The van der Waals surface area contributed by atoms with Gasteiger partial charge >= 0.3 is 6.09 Å². The Kier molecular flexibility index (Phi) is 5.24. The van der Waals surface area contributed by atoms with E-state index in [-0.39, 0.29) is 18.2 Å². The lowest BCUT2D eigenvalue weighted by Crippen LogP contribution is -2.40. The van der Waals surface area contributed by atoms with Crippen molar-refractivity contribution in [1.82, 2.24) is 10.3 Å². The average Bonchev–Trinajstić information content (AvgIpc) is 3.26. The van der Waals surface area contributed by atoms with Crippen molar-refractivity contribution in [2.24, 2.45) is 0 Å². The predicted octanol–water partition coefficient (Wildman–Crippen LogP) is 3.61. The molecule has 7 heteroatoms. The summed E-state index contributed by atoms with van der Waals surface area (Å²) in [6, 6.07) is 7.79. The molecule has 0 aliphatic carbocycles. The highest BCUT2D eigenvalue weighted by molar-refractivity contribution is 7.15. The fourth-order valence-electron chi connectivity index (χ4n) is 2.03. The largest absolute Gasteiger partial charge is 0.491 e. The third kappa shape index (κ3) is 5.72. The Morgan fingerprint density at radius 2 is 2.08 bits per heavy atom. The quantitative estimate of drug-likeness (QED) is 0.795. The first-order chi connectivity index (χ1) is 11.9. The van der Waals surface area contributed by atoms with E-state index in [0.29, 0.717) is 6.61 Å². The maximum Gasteiger partial charge on any atom is 0.407 e. The van der Waals surface area contributed by atoms with Crippen LogP contribution in [0.3, 0.4) is 0 Å². The van der Waals surface area contributed by atoms with E-state index in [2.05, 4.69) is 10.3 Å². The molecule has 0 bridgehead atoms. The number of aromatic nitrogens is 1. The van der Waals surface area contributed by atoms with Gasteiger partial charge in [0.1, 0.15) is 30.1 Å². The van der Waals surface area contributed by atoms with Crippen LogP contribution in [0, 0.1) is 0 Å². The number of epoxide rings is 1. The summed E-state index contributed by atoms with van der Waals surface area (Å²) >= 11 is 1.50. The predicted molar refractivity (Wildman–Crippen MR) is 95.9 cm³/mol. The first-order valence-electron chi connectivity index (χ1n) is 8.13. The number of hydrogen-bond donors (Lipinski definition) is 1. The summed E-state index contributed by atoms with van der Waals surface area (Å²) in [6.07, 6.45) is 1.56. The number of rotatable bonds is 6. The van der Waals surface area contributed by atoms with Gasteiger partial charge in [-0.15, -0.1) is 11.3 Å². The molecule has 1 aliphatic heterocycles. The summed E-state index contributed by atoms with van der Waals surface area (Å²) in [4.78, 5) is 17.0. The molecule has 1 N–H and O–H groups in total. The first kappa shape index (κ1) is 17.7. The molecular formula is C18H22N2O4S. The lowest BCUT2D eigenvalue weighted by Gasteiger charge is -2.19. The zero-order chi connectivity index (χ0) is 17.9. The number of hydrogen-bond acceptors (Lipinski definition) is 6. The first-order valence-corrected chi connectivity index (χ1v) is 8.95. The van der Waals surface area contributed by atoms with Gasteiger partial charge in [0.2, 0.25) is 0 Å². The molecule has 1 aromatic carbocycles. The van der Waals surface area contributed by atoms with E-state index in [4.69, 9.17) is 14.2 Å². The van der Waals surface area contributed by atoms with Crippen LogP contribution >= 0.6 is 11.3 Å². The van der Waals surface area contributed by atoms with Gasteiger partial charge in [-0.2, -0.15) is 0 Å². The molecule has 1 unspecified atom stereocenters. The highest BCUT2D eigenvalue weighted by Crippen LogP contribution is 2.27. The van der Waals surface area contributed by atoms with Crippen LogP contribution in [0.1, 0.15) is 25.6 Å². The second kappa shape index (κ2) is 7.41. The zero-order valence-electron chi connectivity index (χ0n) is 14.6. The van der Waals surface area contributed by atoms with Crippen molar-refractivity contribution in [3.05, 3.63) is 35.3 Å². The van der Waals surface area contributed by atoms with E-state index in [1.54, 1.807) is 6.20 Å². The van der Waals surface area contributed by atoms with Crippen molar-refractivity contribution in [2.45, 2.75) is 39.0 Å². The number of thiazole rings is 1. The Labute approximate surface area is 151 Å². The van der Waals surface area contributed by atoms with Crippen LogP contribution in [-0.2, 0) is 16.1 Å². The monoisotopic (exact) mass is 362 g/mol. The van der Waals surface area contributed by atoms with Gasteiger partial charge in [0.05, 0.1) is 11.5 Å². The molecule has 1 atom stereocenters. The molecule has 6 nitrogen and oxygen atoms in total. The van der Waals surface area contributed by atoms with Crippen LogP contribution in [-0.4, -0.2) is 35.9 Å². The van der Waals surface area contributed by atoms with E-state index in [1.165, 1.54) is 11.3 Å². The molecule has 0 radical (unpaired) electrons. The minimum absolute atomic E-state index is 0.210. The smallest absolute Gasteiger partial charge is 0.407 e. The number of nitrogens with zero attached hydrogens (tertiary/aromatic N) is 1. The Morgan fingerprint density at radius 1 is 1.36 bits per heavy atom. The highest BCUT2D eigenvalue weighted by Gasteiger charge is 2.23. The van der Waals surface area contributed by atoms with Crippen LogP contribution in [0.25, 0.3) is 10.6 Å². The number of amides is 1. The molecule has 1 amide bonds. The molecule has 3 rings (SSSR count). The summed E-state index contributed by atoms with van der Waals surface area (Å²) in [5, 5.41) is 3.64. The van der Waals surface area contributed by atoms with Crippen molar-refractivity contribution < 1.29 is 19.0 Å². The molecule has 1 fully saturated rings. The van der Waals surface area contributed by atoms with E-state index >= 15 is 0 Å². The fourth-order valence-corrected chi connectivity index (χ4v) is 2.86. The summed E-state index contributed by atoms with van der Waals surface area (Å²) in [6.45, 7) is 7.31. The standard InChI is InChI=1S/C18H22N2O4S/c1-18(2,3)20-17(21)24-11-15-8-19-16(25-15)12-4-6-13(7-5-12)22-9-14-10-23-14/h4-8,14H,9-11H2,1-3H3,(H,20,21). The lowest BCUT2D eigenvalue weighted by molar-refractivity contribution is 0.132. The average molecular weight is 362 g/mol. The van der Waals surface area contributed by atoms with Gasteiger partial charge in [-0.3, -0.25) is 0 Å². The number of ether oxygens (including phenoxy) is 3. The zero-order valence-corrected chi connectivity index (χ0v) is 15.4. The Bertz CT molecular complexity index is 717. The molecule has 0 saturated carbocycles. The van der Waals surface area contributed by atoms with Gasteiger partial charge in [0.15, 0.2) is 0 Å². The van der Waals surface area contributed by atoms with Crippen LogP contribution in [0.15, 0.2) is 30.5 Å². The second-order valence-electron chi connectivity index (χ2n) is 6.87. The molecule has 2 aromatic rings. The summed E-state index contributed by atoms with van der Waals surface area (Å²) < 4.78 is 16.0. The molecule has 0 spiro atoms. The van der Waals surface area contributed by atoms with Gasteiger partial charge in [-0.05, 0) is 45.0 Å². The van der Waals surface area contributed by atoms with E-state index in [0.717, 1.165) is 27.8 Å². The van der Waals surface area contributed by atoms with Crippen molar-refractivity contribution in [2.75, 3.05) is 13.2 Å². The van der Waals surface area contributed by atoms with E-state index in [9.17, 15) is 4.79 Å². The van der Waals surface area contributed by atoms with Crippen molar-refractivity contribution in [3.63, 3.8) is 0 Å².